The van der Waals surface area contributed by atoms with Crippen LogP contribution in [-0.4, -0.2) is 50.6 Å². The first-order valence-corrected chi connectivity index (χ1v) is 8.63. The van der Waals surface area contributed by atoms with E-state index < -0.39 is 17.4 Å². The van der Waals surface area contributed by atoms with Crippen LogP contribution in [0.3, 0.4) is 0 Å². The van der Waals surface area contributed by atoms with E-state index in [1.165, 1.54) is 23.5 Å². The highest BCUT2D eigenvalue weighted by Crippen LogP contribution is 2.42. The van der Waals surface area contributed by atoms with Crippen LogP contribution in [0.15, 0.2) is 40.9 Å². The first-order chi connectivity index (χ1) is 10.5. The number of carboxylic acids is 1. The summed E-state index contributed by atoms with van der Waals surface area (Å²) in [6.45, 7) is 0.172. The number of amides is 1. The summed E-state index contributed by atoms with van der Waals surface area (Å²) in [7, 11) is 0. The van der Waals surface area contributed by atoms with E-state index in [4.69, 9.17) is 5.73 Å². The average Bonchev–Trinajstić information content (AvgIpc) is 2.54. The number of carbonyl (C=O) groups excluding carboxylic acids is 1. The van der Waals surface area contributed by atoms with Crippen LogP contribution in [0.2, 0.25) is 0 Å². The fraction of sp³-hybridized carbons (Fsp3) is 0.357. The molecule has 22 heavy (non-hydrogen) atoms. The zero-order valence-electron chi connectivity index (χ0n) is 11.6. The molecule has 116 valence electrons. The van der Waals surface area contributed by atoms with Gasteiger partial charge in [-0.2, -0.15) is 0 Å². The molecule has 0 aliphatic carbocycles. The molecule has 2 aliphatic rings. The number of β-lactam (4-membered cyclic amide) rings is 1. The van der Waals surface area contributed by atoms with Crippen LogP contribution in [0.1, 0.15) is 0 Å². The van der Waals surface area contributed by atoms with Crippen molar-refractivity contribution in [2.45, 2.75) is 16.4 Å². The first-order valence-electron chi connectivity index (χ1n) is 6.70. The molecule has 2 unspecified atom stereocenters. The third-order valence-electron chi connectivity index (χ3n) is 3.79. The maximum Gasteiger partial charge on any atom is 0.316 e. The number of hydrogen-bond donors (Lipinski definition) is 2. The van der Waals surface area contributed by atoms with Crippen LogP contribution in [0.25, 0.3) is 0 Å². The molecular formula is C14H15N3O3S2. The summed E-state index contributed by atoms with van der Waals surface area (Å²) in [5.41, 5.74) is 4.66. The average molecular weight is 337 g/mol. The van der Waals surface area contributed by atoms with Crippen LogP contribution >= 0.6 is 23.5 Å². The zero-order valence-corrected chi connectivity index (χ0v) is 13.2. The Morgan fingerprint density at radius 3 is 3.09 bits per heavy atom. The molecule has 3 N–H and O–H groups in total. The Labute approximate surface area is 136 Å². The van der Waals surface area contributed by atoms with Gasteiger partial charge < -0.3 is 15.7 Å². The maximum absolute atomic E-state index is 11.8. The van der Waals surface area contributed by atoms with Crippen LogP contribution in [0, 0.1) is 5.41 Å². The second-order valence-electron chi connectivity index (χ2n) is 5.24. The van der Waals surface area contributed by atoms with Crippen LogP contribution < -0.4 is 5.73 Å². The van der Waals surface area contributed by atoms with E-state index in [1.807, 2.05) is 18.2 Å². The number of hydrogen-bond acceptors (Lipinski definition) is 6. The Hall–Kier alpha value is -1.51. The molecular weight excluding hydrogens is 322 g/mol. The van der Waals surface area contributed by atoms with Gasteiger partial charge in [0.2, 0.25) is 5.91 Å². The Bertz CT molecular complexity index is 625. The molecule has 1 aromatic heterocycles. The number of nitrogens with zero attached hydrogens (tertiary/aromatic N) is 2. The topological polar surface area (TPSA) is 96.5 Å². The van der Waals surface area contributed by atoms with Crippen molar-refractivity contribution in [3.8, 4) is 0 Å². The van der Waals surface area contributed by atoms with Crippen molar-refractivity contribution in [3.63, 3.8) is 0 Å². The molecule has 3 atom stereocenters. The normalized spacial score (nSPS) is 31.0. The molecule has 3 heterocycles. The Morgan fingerprint density at radius 1 is 1.59 bits per heavy atom. The predicted molar refractivity (Wildman–Crippen MR) is 85.2 cm³/mol. The predicted octanol–water partition coefficient (Wildman–Crippen LogP) is 1.00. The highest BCUT2D eigenvalue weighted by Gasteiger charge is 2.54. The molecule has 0 spiro atoms. The highest BCUT2D eigenvalue weighted by molar-refractivity contribution is 8.02. The fourth-order valence-corrected chi connectivity index (χ4v) is 4.66. The lowest BCUT2D eigenvalue weighted by molar-refractivity contribution is -0.153. The van der Waals surface area contributed by atoms with Gasteiger partial charge in [-0.25, -0.2) is 4.98 Å². The van der Waals surface area contributed by atoms with Gasteiger partial charge in [0.25, 0.3) is 0 Å². The quantitative estimate of drug-likeness (QED) is 0.625. The van der Waals surface area contributed by atoms with E-state index in [1.54, 1.807) is 22.6 Å². The molecule has 0 bridgehead atoms. The number of aromatic nitrogens is 1. The molecule has 0 saturated carbocycles. The molecule has 3 rings (SSSR count). The van der Waals surface area contributed by atoms with Gasteiger partial charge in [0, 0.05) is 18.5 Å². The van der Waals surface area contributed by atoms with Crippen molar-refractivity contribution in [2.75, 3.05) is 12.3 Å². The molecule has 0 radical (unpaired) electrons. The third kappa shape index (κ3) is 2.62. The van der Waals surface area contributed by atoms with E-state index in [-0.39, 0.29) is 17.8 Å². The number of aliphatic carboxylic acids is 1. The van der Waals surface area contributed by atoms with Crippen LogP contribution in [-0.2, 0) is 9.59 Å². The van der Waals surface area contributed by atoms with Gasteiger partial charge in [0.15, 0.2) is 0 Å². The van der Waals surface area contributed by atoms with Gasteiger partial charge in [-0.05, 0) is 17.5 Å². The number of pyridine rings is 1. The summed E-state index contributed by atoms with van der Waals surface area (Å²) in [6.07, 6.45) is 3.35. The summed E-state index contributed by atoms with van der Waals surface area (Å²) in [4.78, 5) is 29.2. The molecule has 0 aromatic carbocycles. The van der Waals surface area contributed by atoms with Crippen molar-refractivity contribution in [1.82, 2.24) is 9.88 Å². The molecule has 2 fully saturated rings. The minimum Gasteiger partial charge on any atom is -0.481 e. The van der Waals surface area contributed by atoms with Gasteiger partial charge in [-0.1, -0.05) is 23.9 Å². The summed E-state index contributed by atoms with van der Waals surface area (Å²) in [5.74, 6) is -0.692. The van der Waals surface area contributed by atoms with E-state index in [2.05, 4.69) is 4.98 Å². The fourth-order valence-electron chi connectivity index (χ4n) is 2.45. The monoisotopic (exact) mass is 337 g/mol. The van der Waals surface area contributed by atoms with E-state index in [0.29, 0.717) is 5.75 Å². The zero-order chi connectivity index (χ0) is 15.7. The number of rotatable bonds is 4. The molecule has 6 nitrogen and oxygen atoms in total. The van der Waals surface area contributed by atoms with Crippen molar-refractivity contribution in [2.24, 2.45) is 11.1 Å². The van der Waals surface area contributed by atoms with Crippen LogP contribution in [0.5, 0.6) is 0 Å². The summed E-state index contributed by atoms with van der Waals surface area (Å²) in [5, 5.41) is 12.1. The van der Waals surface area contributed by atoms with Gasteiger partial charge in [-0.15, -0.1) is 11.8 Å². The highest BCUT2D eigenvalue weighted by atomic mass is 32.2. The number of nitrogens with two attached hydrogens (primary N) is 1. The largest absolute Gasteiger partial charge is 0.481 e. The lowest BCUT2D eigenvalue weighted by atomic mass is 9.87. The summed E-state index contributed by atoms with van der Waals surface area (Å²) < 4.78 is 0. The summed E-state index contributed by atoms with van der Waals surface area (Å²) >= 11 is 2.79. The second kappa shape index (κ2) is 5.94. The van der Waals surface area contributed by atoms with Gasteiger partial charge >= 0.3 is 5.97 Å². The minimum atomic E-state index is -1.07. The standard InChI is InChI=1S/C14H15N3O3S2/c15-10-11(18)17-7-14(13(19)20,8-22-12(10)17)4-6-21-9-3-1-2-5-16-9/h1-6,10,12H,7-8,15H2,(H,19,20)/t10?,12-,14?/m1/s1. The van der Waals surface area contributed by atoms with Crippen molar-refractivity contribution < 1.29 is 14.7 Å². The second-order valence-corrected chi connectivity index (χ2v) is 7.27. The van der Waals surface area contributed by atoms with E-state index in [0.717, 1.165) is 5.03 Å². The van der Waals surface area contributed by atoms with Crippen molar-refractivity contribution >= 4 is 35.4 Å². The van der Waals surface area contributed by atoms with E-state index >= 15 is 0 Å². The Balaban J connectivity index is 1.73. The SMILES string of the molecule is NC1C(=O)N2CC(C=CSc3ccccn3)(C(=O)O)CS[C@H]12. The molecule has 1 aromatic rings. The van der Waals surface area contributed by atoms with E-state index in [9.17, 15) is 14.7 Å². The smallest absolute Gasteiger partial charge is 0.316 e. The molecule has 1 amide bonds. The number of carbonyl (C=O) groups is 2. The van der Waals surface area contributed by atoms with Crippen molar-refractivity contribution in [3.05, 3.63) is 35.9 Å². The molecule has 2 saturated heterocycles. The lowest BCUT2D eigenvalue weighted by Gasteiger charge is -2.52. The molecule has 2 aliphatic heterocycles. The van der Waals surface area contributed by atoms with Gasteiger partial charge in [0.05, 0.1) is 0 Å². The first kappa shape index (κ1) is 15.4. The number of thioether (sulfide) groups is 2. The van der Waals surface area contributed by atoms with Crippen LogP contribution in [0.4, 0.5) is 0 Å². The Kier molecular flexibility index (Phi) is 4.16. The minimum absolute atomic E-state index is 0.0863. The lowest BCUT2D eigenvalue weighted by Crippen LogP contribution is -2.71. The van der Waals surface area contributed by atoms with Gasteiger partial charge in [-0.3, -0.25) is 9.59 Å². The number of fused-ring (bicyclic) bond motifs is 1. The van der Waals surface area contributed by atoms with Gasteiger partial charge in [0.1, 0.15) is 21.9 Å². The molecule has 8 heteroatoms. The Morgan fingerprint density at radius 2 is 2.41 bits per heavy atom. The van der Waals surface area contributed by atoms with Crippen molar-refractivity contribution in [1.29, 1.82) is 0 Å². The maximum atomic E-state index is 11.8. The summed E-state index contributed by atoms with van der Waals surface area (Å²) in [6, 6.07) is 5.05. The number of carboxylic acid groups (broad SMARTS) is 1. The third-order valence-corrected chi connectivity index (χ3v) is 6.11.